The van der Waals surface area contributed by atoms with Gasteiger partial charge in [-0.2, -0.15) is 10.2 Å². The van der Waals surface area contributed by atoms with Crippen molar-refractivity contribution in [3.05, 3.63) is 81.0 Å². The van der Waals surface area contributed by atoms with Crippen LogP contribution in [0.15, 0.2) is 64.3 Å². The molecule has 8 heteroatoms. The SMILES string of the molecule is O=C(NN=Cc1cc(Cl)ccc1O)c1ccn(Cc2ccc(Br)cc2)n1. The molecule has 0 spiro atoms. The number of hydrogen-bond acceptors (Lipinski definition) is 4. The number of phenolic OH excluding ortho intramolecular Hbond substituents is 1. The van der Waals surface area contributed by atoms with Crippen molar-refractivity contribution in [2.45, 2.75) is 6.54 Å². The number of amides is 1. The molecule has 1 aromatic heterocycles. The Labute approximate surface area is 163 Å². The predicted molar refractivity (Wildman–Crippen MR) is 104 cm³/mol. The van der Waals surface area contributed by atoms with E-state index in [1.165, 1.54) is 12.3 Å². The van der Waals surface area contributed by atoms with Crippen molar-refractivity contribution < 1.29 is 9.90 Å². The predicted octanol–water partition coefficient (Wildman–Crippen LogP) is 3.82. The maximum absolute atomic E-state index is 12.1. The van der Waals surface area contributed by atoms with E-state index in [0.29, 0.717) is 17.1 Å². The third kappa shape index (κ3) is 4.71. The highest BCUT2D eigenvalue weighted by molar-refractivity contribution is 9.10. The minimum Gasteiger partial charge on any atom is -0.507 e. The number of nitrogens with zero attached hydrogens (tertiary/aromatic N) is 3. The van der Waals surface area contributed by atoms with Crippen molar-refractivity contribution in [2.75, 3.05) is 0 Å². The van der Waals surface area contributed by atoms with Crippen molar-refractivity contribution in [1.82, 2.24) is 15.2 Å². The second kappa shape index (κ2) is 8.16. The second-order valence-corrected chi connectivity index (χ2v) is 6.78. The highest BCUT2D eigenvalue weighted by atomic mass is 79.9. The molecule has 0 unspecified atom stereocenters. The number of rotatable bonds is 5. The molecule has 0 saturated heterocycles. The van der Waals surface area contributed by atoms with Gasteiger partial charge in [0, 0.05) is 21.3 Å². The Bertz CT molecular complexity index is 954. The Morgan fingerprint density at radius 1 is 1.27 bits per heavy atom. The van der Waals surface area contributed by atoms with Crippen molar-refractivity contribution in [2.24, 2.45) is 5.10 Å². The van der Waals surface area contributed by atoms with Gasteiger partial charge in [0.05, 0.1) is 12.8 Å². The summed E-state index contributed by atoms with van der Waals surface area (Å²) in [5.74, 6) is -0.427. The lowest BCUT2D eigenvalue weighted by Crippen LogP contribution is -2.18. The van der Waals surface area contributed by atoms with E-state index in [0.717, 1.165) is 10.0 Å². The molecule has 0 fully saturated rings. The van der Waals surface area contributed by atoms with E-state index in [9.17, 15) is 9.90 Å². The van der Waals surface area contributed by atoms with Gasteiger partial charge in [0.1, 0.15) is 5.75 Å². The Balaban J connectivity index is 1.62. The molecule has 6 nitrogen and oxygen atoms in total. The van der Waals surface area contributed by atoms with Gasteiger partial charge in [-0.1, -0.05) is 39.7 Å². The lowest BCUT2D eigenvalue weighted by molar-refractivity contribution is 0.0949. The summed E-state index contributed by atoms with van der Waals surface area (Å²) < 4.78 is 2.68. The molecule has 0 bridgehead atoms. The quantitative estimate of drug-likeness (QED) is 0.474. The van der Waals surface area contributed by atoms with E-state index < -0.39 is 5.91 Å². The van der Waals surface area contributed by atoms with Crippen LogP contribution in [0.25, 0.3) is 0 Å². The number of aromatic nitrogens is 2. The Morgan fingerprint density at radius 2 is 2.04 bits per heavy atom. The Hall–Kier alpha value is -2.64. The monoisotopic (exact) mass is 432 g/mol. The first-order valence-corrected chi connectivity index (χ1v) is 8.78. The number of benzene rings is 2. The fraction of sp³-hybridized carbons (Fsp3) is 0.0556. The van der Waals surface area contributed by atoms with E-state index in [2.05, 4.69) is 31.6 Å². The molecule has 0 saturated carbocycles. The summed E-state index contributed by atoms with van der Waals surface area (Å²) in [6.45, 7) is 0.556. The number of carbonyl (C=O) groups excluding carboxylic acids is 1. The van der Waals surface area contributed by atoms with Crippen LogP contribution in [0.1, 0.15) is 21.6 Å². The third-order valence-corrected chi connectivity index (χ3v) is 4.25. The molecule has 0 atom stereocenters. The third-order valence-electron chi connectivity index (χ3n) is 3.49. The zero-order valence-corrected chi connectivity index (χ0v) is 15.8. The molecular weight excluding hydrogens is 420 g/mol. The lowest BCUT2D eigenvalue weighted by Gasteiger charge is -2.02. The van der Waals surface area contributed by atoms with Crippen LogP contribution in [0, 0.1) is 0 Å². The number of phenols is 1. The van der Waals surface area contributed by atoms with Crippen LogP contribution in [0.3, 0.4) is 0 Å². The topological polar surface area (TPSA) is 79.5 Å². The highest BCUT2D eigenvalue weighted by Gasteiger charge is 2.09. The average molecular weight is 434 g/mol. The summed E-state index contributed by atoms with van der Waals surface area (Å²) in [6.07, 6.45) is 3.04. The first-order valence-electron chi connectivity index (χ1n) is 7.61. The molecule has 132 valence electrons. The Morgan fingerprint density at radius 3 is 2.81 bits per heavy atom. The number of hydrogen-bond donors (Lipinski definition) is 2. The minimum absolute atomic E-state index is 0.0196. The van der Waals surface area contributed by atoms with Crippen LogP contribution >= 0.6 is 27.5 Å². The second-order valence-electron chi connectivity index (χ2n) is 5.43. The number of nitrogens with one attached hydrogen (secondary N) is 1. The normalized spacial score (nSPS) is 11.0. The molecule has 0 radical (unpaired) electrons. The fourth-order valence-electron chi connectivity index (χ4n) is 2.19. The summed E-state index contributed by atoms with van der Waals surface area (Å²) >= 11 is 9.25. The van der Waals surface area contributed by atoms with E-state index >= 15 is 0 Å². The van der Waals surface area contributed by atoms with Crippen LogP contribution in [0.2, 0.25) is 5.02 Å². The molecule has 2 N–H and O–H groups in total. The standard InChI is InChI=1S/C18H14BrClN4O2/c19-14-3-1-12(2-4-14)11-24-8-7-16(23-24)18(26)22-21-10-13-9-15(20)5-6-17(13)25/h1-10,25H,11H2,(H,22,26). The largest absolute Gasteiger partial charge is 0.507 e. The van der Waals surface area contributed by atoms with Gasteiger partial charge in [-0.15, -0.1) is 0 Å². The molecule has 1 amide bonds. The van der Waals surface area contributed by atoms with Gasteiger partial charge in [-0.25, -0.2) is 5.43 Å². The lowest BCUT2D eigenvalue weighted by atomic mass is 10.2. The summed E-state index contributed by atoms with van der Waals surface area (Å²) in [4.78, 5) is 12.1. The van der Waals surface area contributed by atoms with Crippen molar-refractivity contribution >= 4 is 39.7 Å². The number of aromatic hydroxyl groups is 1. The smallest absolute Gasteiger partial charge is 0.291 e. The van der Waals surface area contributed by atoms with Gasteiger partial charge in [0.25, 0.3) is 5.91 Å². The summed E-state index contributed by atoms with van der Waals surface area (Å²) in [7, 11) is 0. The molecule has 1 heterocycles. The molecular formula is C18H14BrClN4O2. The van der Waals surface area contributed by atoms with Crippen LogP contribution in [-0.4, -0.2) is 27.0 Å². The Kier molecular flexibility index (Phi) is 5.70. The first kappa shape index (κ1) is 18.2. The maximum atomic E-state index is 12.1. The summed E-state index contributed by atoms with van der Waals surface area (Å²) in [6, 6.07) is 14.0. The van der Waals surface area contributed by atoms with E-state index in [-0.39, 0.29) is 11.4 Å². The van der Waals surface area contributed by atoms with Gasteiger partial charge in [0.15, 0.2) is 5.69 Å². The van der Waals surface area contributed by atoms with Crippen LogP contribution < -0.4 is 5.43 Å². The molecule has 26 heavy (non-hydrogen) atoms. The zero-order valence-electron chi connectivity index (χ0n) is 13.4. The first-order chi connectivity index (χ1) is 12.5. The van der Waals surface area contributed by atoms with Crippen molar-refractivity contribution in [1.29, 1.82) is 0 Å². The average Bonchev–Trinajstić information content (AvgIpc) is 3.08. The van der Waals surface area contributed by atoms with E-state index in [4.69, 9.17) is 11.6 Å². The molecule has 0 aliphatic heterocycles. The molecule has 0 aliphatic carbocycles. The molecule has 2 aromatic carbocycles. The minimum atomic E-state index is -0.447. The number of hydrazone groups is 1. The van der Waals surface area contributed by atoms with Gasteiger partial charge in [-0.05, 0) is 42.0 Å². The van der Waals surface area contributed by atoms with Crippen LogP contribution in [0.5, 0.6) is 5.75 Å². The van der Waals surface area contributed by atoms with E-state index in [1.54, 1.807) is 29.1 Å². The fourth-order valence-corrected chi connectivity index (χ4v) is 2.64. The van der Waals surface area contributed by atoms with Gasteiger partial charge in [-0.3, -0.25) is 9.48 Å². The van der Waals surface area contributed by atoms with Crippen molar-refractivity contribution in [3.8, 4) is 5.75 Å². The van der Waals surface area contributed by atoms with Gasteiger partial charge in [0.2, 0.25) is 0 Å². The number of carbonyl (C=O) groups is 1. The highest BCUT2D eigenvalue weighted by Crippen LogP contribution is 2.19. The van der Waals surface area contributed by atoms with E-state index in [1.807, 2.05) is 24.3 Å². The van der Waals surface area contributed by atoms with Crippen LogP contribution in [-0.2, 0) is 6.54 Å². The number of halogens is 2. The summed E-state index contributed by atoms with van der Waals surface area (Å²) in [5, 5.41) is 18.2. The zero-order chi connectivity index (χ0) is 18.5. The molecule has 0 aliphatic rings. The van der Waals surface area contributed by atoms with Crippen molar-refractivity contribution in [3.63, 3.8) is 0 Å². The maximum Gasteiger partial charge on any atom is 0.291 e. The summed E-state index contributed by atoms with van der Waals surface area (Å²) in [5.41, 5.74) is 4.09. The molecule has 3 aromatic rings. The van der Waals surface area contributed by atoms with Gasteiger partial charge >= 0.3 is 0 Å². The molecule has 3 rings (SSSR count). The van der Waals surface area contributed by atoms with Crippen LogP contribution in [0.4, 0.5) is 0 Å². The van der Waals surface area contributed by atoms with Gasteiger partial charge < -0.3 is 5.11 Å².